The molecule has 0 fully saturated rings. The normalized spacial score (nSPS) is 13.1. The molecule has 4 heteroatoms. The van der Waals surface area contributed by atoms with Crippen molar-refractivity contribution in [2.24, 2.45) is 0 Å². The first kappa shape index (κ1) is 12.9. The second-order valence-electron chi connectivity index (χ2n) is 3.99. The summed E-state index contributed by atoms with van der Waals surface area (Å²) >= 11 is 0. The number of hydrogen-bond donors (Lipinski definition) is 1. The second kappa shape index (κ2) is 5.82. The fourth-order valence-electron chi connectivity index (χ4n) is 1.47. The number of phenolic OH excluding ortho intramolecular Hbond substituents is 1. The summed E-state index contributed by atoms with van der Waals surface area (Å²) in [5.74, 6) is -0.210. The highest BCUT2D eigenvalue weighted by Gasteiger charge is 2.11. The molecule has 0 bridgehead atoms. The van der Waals surface area contributed by atoms with E-state index in [1.54, 1.807) is 7.11 Å². The molecule has 0 aliphatic rings. The Hall–Kier alpha value is -1.13. The number of aromatic hydroxyl groups is 1. The third-order valence-corrected chi connectivity index (χ3v) is 2.62. The summed E-state index contributed by atoms with van der Waals surface area (Å²) in [6.45, 7) is 3.11. The van der Waals surface area contributed by atoms with Crippen LogP contribution in [0.3, 0.4) is 0 Å². The van der Waals surface area contributed by atoms with Gasteiger partial charge in [0.1, 0.15) is 11.6 Å². The molecule has 90 valence electrons. The van der Waals surface area contributed by atoms with Gasteiger partial charge in [0.05, 0.1) is 6.61 Å². The summed E-state index contributed by atoms with van der Waals surface area (Å²) in [5.41, 5.74) is 0.588. The van der Waals surface area contributed by atoms with Crippen molar-refractivity contribution < 1.29 is 14.2 Å². The first-order valence-corrected chi connectivity index (χ1v) is 5.21. The van der Waals surface area contributed by atoms with Gasteiger partial charge < -0.3 is 9.84 Å². The summed E-state index contributed by atoms with van der Waals surface area (Å²) < 4.78 is 18.0. The highest BCUT2D eigenvalue weighted by Crippen LogP contribution is 2.19. The third-order valence-electron chi connectivity index (χ3n) is 2.62. The molecule has 1 aromatic carbocycles. The Balaban J connectivity index is 2.68. The molecule has 0 saturated heterocycles. The molecule has 0 aliphatic heterocycles. The van der Waals surface area contributed by atoms with Crippen molar-refractivity contribution >= 4 is 0 Å². The molecule has 1 rings (SSSR count). The molecule has 1 atom stereocenters. The van der Waals surface area contributed by atoms with E-state index in [2.05, 4.69) is 0 Å². The van der Waals surface area contributed by atoms with E-state index in [0.717, 1.165) is 0 Å². The molecule has 1 unspecified atom stereocenters. The quantitative estimate of drug-likeness (QED) is 0.835. The van der Waals surface area contributed by atoms with Crippen LogP contribution in [0.15, 0.2) is 18.2 Å². The molecule has 0 spiro atoms. The lowest BCUT2D eigenvalue weighted by molar-refractivity contribution is 0.111. The van der Waals surface area contributed by atoms with E-state index >= 15 is 0 Å². The van der Waals surface area contributed by atoms with Gasteiger partial charge in [-0.25, -0.2) is 4.39 Å². The largest absolute Gasteiger partial charge is 0.508 e. The van der Waals surface area contributed by atoms with Crippen molar-refractivity contribution in [2.45, 2.75) is 19.5 Å². The zero-order valence-corrected chi connectivity index (χ0v) is 9.90. The van der Waals surface area contributed by atoms with Crippen LogP contribution in [0.25, 0.3) is 0 Å². The minimum Gasteiger partial charge on any atom is -0.508 e. The zero-order chi connectivity index (χ0) is 12.1. The molecule has 0 aliphatic carbocycles. The van der Waals surface area contributed by atoms with Crippen molar-refractivity contribution in [1.82, 2.24) is 4.90 Å². The van der Waals surface area contributed by atoms with E-state index in [1.807, 2.05) is 18.9 Å². The van der Waals surface area contributed by atoms with Crippen molar-refractivity contribution in [3.05, 3.63) is 29.6 Å². The Morgan fingerprint density at radius 2 is 2.19 bits per heavy atom. The van der Waals surface area contributed by atoms with E-state index in [0.29, 0.717) is 18.7 Å². The number of methoxy groups -OCH3 is 1. The highest BCUT2D eigenvalue weighted by molar-refractivity contribution is 5.32. The third kappa shape index (κ3) is 3.47. The average molecular weight is 227 g/mol. The molecular weight excluding hydrogens is 209 g/mol. The lowest BCUT2D eigenvalue weighted by Crippen LogP contribution is -2.32. The Kier molecular flexibility index (Phi) is 4.71. The van der Waals surface area contributed by atoms with E-state index in [9.17, 15) is 9.50 Å². The fourth-order valence-corrected chi connectivity index (χ4v) is 1.47. The maximum atomic E-state index is 13.0. The van der Waals surface area contributed by atoms with Gasteiger partial charge in [0, 0.05) is 25.3 Å². The molecule has 16 heavy (non-hydrogen) atoms. The summed E-state index contributed by atoms with van der Waals surface area (Å²) in [7, 11) is 3.55. The zero-order valence-electron chi connectivity index (χ0n) is 9.90. The predicted molar refractivity (Wildman–Crippen MR) is 60.9 cm³/mol. The summed E-state index contributed by atoms with van der Waals surface area (Å²) in [4.78, 5) is 2.00. The van der Waals surface area contributed by atoms with Crippen LogP contribution in [0.2, 0.25) is 0 Å². The number of benzene rings is 1. The lowest BCUT2D eigenvalue weighted by Gasteiger charge is -2.24. The lowest BCUT2D eigenvalue weighted by atomic mass is 10.1. The minimum absolute atomic E-state index is 0.123. The number of nitrogens with zero attached hydrogens (tertiary/aromatic N) is 1. The smallest absolute Gasteiger partial charge is 0.123 e. The molecule has 0 radical (unpaired) electrons. The first-order chi connectivity index (χ1) is 7.54. The number of phenols is 1. The van der Waals surface area contributed by atoms with Crippen molar-refractivity contribution in [2.75, 3.05) is 20.8 Å². The maximum absolute atomic E-state index is 13.0. The molecule has 0 heterocycles. The van der Waals surface area contributed by atoms with E-state index in [4.69, 9.17) is 4.74 Å². The number of rotatable bonds is 5. The van der Waals surface area contributed by atoms with Gasteiger partial charge in [-0.05, 0) is 32.2 Å². The van der Waals surface area contributed by atoms with Crippen LogP contribution < -0.4 is 0 Å². The Morgan fingerprint density at radius 1 is 1.50 bits per heavy atom. The van der Waals surface area contributed by atoms with Crippen molar-refractivity contribution in [3.63, 3.8) is 0 Å². The Labute approximate surface area is 95.5 Å². The van der Waals surface area contributed by atoms with Crippen molar-refractivity contribution in [3.8, 4) is 5.75 Å². The monoisotopic (exact) mass is 227 g/mol. The number of halogens is 1. The van der Waals surface area contributed by atoms with Crippen LogP contribution in [0, 0.1) is 5.82 Å². The minimum atomic E-state index is -0.333. The second-order valence-corrected chi connectivity index (χ2v) is 3.99. The van der Waals surface area contributed by atoms with Crippen LogP contribution >= 0.6 is 0 Å². The summed E-state index contributed by atoms with van der Waals surface area (Å²) in [5, 5.41) is 9.57. The summed E-state index contributed by atoms with van der Waals surface area (Å²) in [6.07, 6.45) is 0. The van der Waals surface area contributed by atoms with Gasteiger partial charge in [-0.2, -0.15) is 0 Å². The maximum Gasteiger partial charge on any atom is 0.123 e. The Bertz CT molecular complexity index is 344. The fraction of sp³-hybridized carbons (Fsp3) is 0.500. The van der Waals surface area contributed by atoms with Gasteiger partial charge in [0.2, 0.25) is 0 Å². The molecule has 0 saturated carbocycles. The van der Waals surface area contributed by atoms with E-state index < -0.39 is 0 Å². The van der Waals surface area contributed by atoms with E-state index in [-0.39, 0.29) is 17.6 Å². The van der Waals surface area contributed by atoms with Crippen LogP contribution in [-0.2, 0) is 11.3 Å². The number of hydrogen-bond acceptors (Lipinski definition) is 3. The average Bonchev–Trinajstić information content (AvgIpc) is 2.23. The van der Waals surface area contributed by atoms with Gasteiger partial charge in [0.25, 0.3) is 0 Å². The molecule has 0 amide bonds. The Morgan fingerprint density at radius 3 is 2.81 bits per heavy atom. The van der Waals surface area contributed by atoms with Gasteiger partial charge >= 0.3 is 0 Å². The van der Waals surface area contributed by atoms with E-state index in [1.165, 1.54) is 18.2 Å². The van der Waals surface area contributed by atoms with Crippen molar-refractivity contribution in [1.29, 1.82) is 0 Å². The standard InChI is InChI=1S/C12H18FNO2/c1-9(8-16-3)14(2)7-10-6-11(13)4-5-12(10)15/h4-6,9,15H,7-8H2,1-3H3. The van der Waals surface area contributed by atoms with Gasteiger partial charge in [-0.15, -0.1) is 0 Å². The molecule has 1 aromatic rings. The van der Waals surface area contributed by atoms with Gasteiger partial charge in [0.15, 0.2) is 0 Å². The molecule has 1 N–H and O–H groups in total. The summed E-state index contributed by atoms with van der Waals surface area (Å²) in [6, 6.07) is 4.19. The first-order valence-electron chi connectivity index (χ1n) is 5.21. The van der Waals surface area contributed by atoms with Gasteiger partial charge in [-0.3, -0.25) is 4.90 Å². The topological polar surface area (TPSA) is 32.7 Å². The molecule has 3 nitrogen and oxygen atoms in total. The number of ether oxygens (including phenoxy) is 1. The van der Waals surface area contributed by atoms with Crippen LogP contribution in [0.5, 0.6) is 5.75 Å². The van der Waals surface area contributed by atoms with Gasteiger partial charge in [-0.1, -0.05) is 0 Å². The highest BCUT2D eigenvalue weighted by atomic mass is 19.1. The SMILES string of the molecule is COCC(C)N(C)Cc1cc(F)ccc1O. The predicted octanol–water partition coefficient (Wildman–Crippen LogP) is 2.00. The van der Waals surface area contributed by atoms with Crippen LogP contribution in [-0.4, -0.2) is 36.8 Å². The molecule has 0 aromatic heterocycles. The van der Waals surface area contributed by atoms with Crippen LogP contribution in [0.1, 0.15) is 12.5 Å². The molecular formula is C12H18FNO2. The van der Waals surface area contributed by atoms with Crippen LogP contribution in [0.4, 0.5) is 4.39 Å². The number of likely N-dealkylation sites (N-methyl/N-ethyl adjacent to an activating group) is 1.